The molecule has 0 aliphatic carbocycles. The van der Waals surface area contributed by atoms with Gasteiger partial charge in [-0.05, 0) is 56.0 Å². The van der Waals surface area contributed by atoms with E-state index in [1.165, 1.54) is 10.4 Å². The molecule has 1 amide bonds. The fourth-order valence-electron chi connectivity index (χ4n) is 4.56. The van der Waals surface area contributed by atoms with Crippen LogP contribution in [-0.4, -0.2) is 41.1 Å². The maximum Gasteiger partial charge on any atom is 0.257 e. The van der Waals surface area contributed by atoms with E-state index >= 15 is 0 Å². The third-order valence-electron chi connectivity index (χ3n) is 6.53. The van der Waals surface area contributed by atoms with Crippen LogP contribution in [0.3, 0.4) is 0 Å². The molecular weight excluding hydrogens is 460 g/mol. The van der Waals surface area contributed by atoms with Crippen molar-refractivity contribution >= 4 is 27.4 Å². The average molecular weight is 489 g/mol. The number of hydrogen-bond acceptors (Lipinski definition) is 4. The second kappa shape index (κ2) is 9.28. The van der Waals surface area contributed by atoms with Crippen molar-refractivity contribution in [2.45, 2.75) is 38.0 Å². The zero-order chi connectivity index (χ0) is 24.6. The number of amides is 1. The summed E-state index contributed by atoms with van der Waals surface area (Å²) >= 11 is 0. The van der Waals surface area contributed by atoms with Crippen molar-refractivity contribution in [3.05, 3.63) is 83.6 Å². The largest absolute Gasteiger partial charge is 0.306 e. The molecule has 0 spiro atoms. The molecule has 1 fully saturated rings. The number of piperidine rings is 1. The summed E-state index contributed by atoms with van der Waals surface area (Å²) in [5.41, 5.74) is 4.29. The van der Waals surface area contributed by atoms with Gasteiger partial charge in [0, 0.05) is 30.4 Å². The van der Waals surface area contributed by atoms with Crippen LogP contribution in [0.4, 0.5) is 5.82 Å². The standard InChI is InChI=1S/C27H28N4O3S/c1-19-13-14-22(35(33,34)30-15-7-4-8-16-30)18-23(19)27(32)29-26-24(21-11-5-3-6-12-21)28-25-20(2)10-9-17-31(25)26/h3,5-6,9-14,17-18H,4,7-8,15-16H2,1-2H3,(H,29,32). The lowest BCUT2D eigenvalue weighted by Gasteiger charge is -2.26. The van der Waals surface area contributed by atoms with Crippen LogP contribution in [-0.2, 0) is 10.0 Å². The third kappa shape index (κ3) is 4.35. The molecule has 0 atom stereocenters. The minimum atomic E-state index is -3.65. The topological polar surface area (TPSA) is 83.8 Å². The molecule has 1 aliphatic rings. The molecule has 8 heteroatoms. The van der Waals surface area contributed by atoms with Crippen molar-refractivity contribution < 1.29 is 13.2 Å². The molecular formula is C27H28N4O3S. The van der Waals surface area contributed by atoms with E-state index in [4.69, 9.17) is 4.98 Å². The molecule has 3 heterocycles. The first-order valence-electron chi connectivity index (χ1n) is 11.8. The van der Waals surface area contributed by atoms with Gasteiger partial charge in [0.1, 0.15) is 17.2 Å². The minimum absolute atomic E-state index is 0.146. The number of hydrogen-bond donors (Lipinski definition) is 1. The van der Waals surface area contributed by atoms with Gasteiger partial charge in [-0.15, -0.1) is 0 Å². The quantitative estimate of drug-likeness (QED) is 0.426. The van der Waals surface area contributed by atoms with E-state index in [9.17, 15) is 13.2 Å². The number of pyridine rings is 1. The number of nitrogens with one attached hydrogen (secondary N) is 1. The SMILES string of the molecule is Cc1ccc(S(=O)(=O)N2CCCCC2)cc1C(=O)Nc1c(-c2ccccc2)nc2c(C)cccn12. The summed E-state index contributed by atoms with van der Waals surface area (Å²) in [4.78, 5) is 18.5. The second-order valence-corrected chi connectivity index (χ2v) is 10.9. The maximum absolute atomic E-state index is 13.5. The molecule has 5 rings (SSSR count). The number of fused-ring (bicyclic) bond motifs is 1. The van der Waals surface area contributed by atoms with E-state index in [2.05, 4.69) is 5.32 Å². The Morgan fingerprint density at radius 3 is 2.40 bits per heavy atom. The van der Waals surface area contributed by atoms with Crippen molar-refractivity contribution in [2.75, 3.05) is 18.4 Å². The van der Waals surface area contributed by atoms with E-state index < -0.39 is 10.0 Å². The average Bonchev–Trinajstić information content (AvgIpc) is 3.24. The van der Waals surface area contributed by atoms with Gasteiger partial charge in [0.2, 0.25) is 10.0 Å². The van der Waals surface area contributed by atoms with E-state index in [0.29, 0.717) is 35.7 Å². The molecule has 1 saturated heterocycles. The number of aromatic nitrogens is 2. The number of anilines is 1. The van der Waals surface area contributed by atoms with E-state index in [1.54, 1.807) is 12.1 Å². The molecule has 4 aromatic rings. The Bertz CT molecular complexity index is 1500. The molecule has 35 heavy (non-hydrogen) atoms. The molecule has 0 unspecified atom stereocenters. The Kier molecular flexibility index (Phi) is 6.17. The number of carbonyl (C=O) groups excluding carboxylic acids is 1. The zero-order valence-corrected chi connectivity index (χ0v) is 20.7. The van der Waals surface area contributed by atoms with Crippen LogP contribution in [0.25, 0.3) is 16.9 Å². The molecule has 2 aromatic carbocycles. The van der Waals surface area contributed by atoms with Crippen molar-refractivity contribution in [1.82, 2.24) is 13.7 Å². The predicted molar refractivity (Wildman–Crippen MR) is 137 cm³/mol. The fraction of sp³-hybridized carbons (Fsp3) is 0.259. The lowest BCUT2D eigenvalue weighted by Crippen LogP contribution is -2.35. The first kappa shape index (κ1) is 23.3. The smallest absolute Gasteiger partial charge is 0.257 e. The van der Waals surface area contributed by atoms with E-state index in [1.807, 2.05) is 66.9 Å². The molecule has 180 valence electrons. The Morgan fingerprint density at radius 1 is 0.914 bits per heavy atom. The number of nitrogens with zero attached hydrogens (tertiary/aromatic N) is 3. The Hall–Kier alpha value is -3.49. The Labute approximate surface area is 205 Å². The number of aryl methyl sites for hydroxylation is 2. The first-order chi connectivity index (χ1) is 16.9. The highest BCUT2D eigenvalue weighted by Crippen LogP contribution is 2.31. The van der Waals surface area contributed by atoms with Crippen LogP contribution in [0.5, 0.6) is 0 Å². The van der Waals surface area contributed by atoms with Gasteiger partial charge in [-0.25, -0.2) is 13.4 Å². The zero-order valence-electron chi connectivity index (χ0n) is 19.9. The fourth-order valence-corrected chi connectivity index (χ4v) is 6.10. The highest BCUT2D eigenvalue weighted by molar-refractivity contribution is 7.89. The summed E-state index contributed by atoms with van der Waals surface area (Å²) in [5.74, 6) is 0.169. The molecule has 0 saturated carbocycles. The van der Waals surface area contributed by atoms with Crippen LogP contribution in [0.15, 0.2) is 71.8 Å². The van der Waals surface area contributed by atoms with Crippen LogP contribution in [0.2, 0.25) is 0 Å². The van der Waals surface area contributed by atoms with E-state index in [0.717, 1.165) is 36.0 Å². The van der Waals surface area contributed by atoms with Gasteiger partial charge >= 0.3 is 0 Å². The van der Waals surface area contributed by atoms with Crippen molar-refractivity contribution in [2.24, 2.45) is 0 Å². The molecule has 0 radical (unpaired) electrons. The van der Waals surface area contributed by atoms with Gasteiger partial charge in [-0.3, -0.25) is 9.20 Å². The summed E-state index contributed by atoms with van der Waals surface area (Å²) in [6.45, 7) is 4.81. The van der Waals surface area contributed by atoms with Gasteiger partial charge in [-0.1, -0.05) is 48.9 Å². The van der Waals surface area contributed by atoms with Gasteiger partial charge < -0.3 is 5.32 Å². The van der Waals surface area contributed by atoms with Crippen LogP contribution >= 0.6 is 0 Å². The van der Waals surface area contributed by atoms with Gasteiger partial charge in [0.15, 0.2) is 0 Å². The number of carbonyl (C=O) groups is 1. The lowest BCUT2D eigenvalue weighted by atomic mass is 10.1. The third-order valence-corrected chi connectivity index (χ3v) is 8.43. The number of benzene rings is 2. The number of rotatable bonds is 5. The van der Waals surface area contributed by atoms with E-state index in [-0.39, 0.29) is 10.8 Å². The van der Waals surface area contributed by atoms with Gasteiger partial charge in [0.25, 0.3) is 5.91 Å². The highest BCUT2D eigenvalue weighted by atomic mass is 32.2. The van der Waals surface area contributed by atoms with Crippen molar-refractivity contribution in [1.29, 1.82) is 0 Å². The second-order valence-electron chi connectivity index (χ2n) is 8.96. The Balaban J connectivity index is 1.55. The normalized spacial score (nSPS) is 14.8. The molecule has 7 nitrogen and oxygen atoms in total. The van der Waals surface area contributed by atoms with Gasteiger partial charge in [-0.2, -0.15) is 4.31 Å². The molecule has 0 bridgehead atoms. The summed E-state index contributed by atoms with van der Waals surface area (Å²) in [6, 6.07) is 18.3. The summed E-state index contributed by atoms with van der Waals surface area (Å²) in [6.07, 6.45) is 4.61. The van der Waals surface area contributed by atoms with Crippen LogP contribution < -0.4 is 5.32 Å². The van der Waals surface area contributed by atoms with Gasteiger partial charge in [0.05, 0.1) is 4.90 Å². The number of imidazole rings is 1. The molecule has 1 aliphatic heterocycles. The first-order valence-corrected chi connectivity index (χ1v) is 13.3. The minimum Gasteiger partial charge on any atom is -0.306 e. The lowest BCUT2D eigenvalue weighted by molar-refractivity contribution is 0.102. The highest BCUT2D eigenvalue weighted by Gasteiger charge is 2.27. The summed E-state index contributed by atoms with van der Waals surface area (Å²) < 4.78 is 29.8. The number of sulfonamides is 1. The van der Waals surface area contributed by atoms with Crippen molar-refractivity contribution in [3.8, 4) is 11.3 Å². The summed E-state index contributed by atoms with van der Waals surface area (Å²) in [7, 11) is -3.65. The Morgan fingerprint density at radius 2 is 1.66 bits per heavy atom. The monoisotopic (exact) mass is 488 g/mol. The van der Waals surface area contributed by atoms with Crippen molar-refractivity contribution in [3.63, 3.8) is 0 Å². The maximum atomic E-state index is 13.5. The van der Waals surface area contributed by atoms with Crippen LogP contribution in [0.1, 0.15) is 40.7 Å². The predicted octanol–water partition coefficient (Wildman–Crippen LogP) is 5.05. The summed E-state index contributed by atoms with van der Waals surface area (Å²) in [5, 5.41) is 3.03. The van der Waals surface area contributed by atoms with Crippen LogP contribution in [0, 0.1) is 13.8 Å². The molecule has 1 N–H and O–H groups in total. The molecule has 2 aromatic heterocycles.